The lowest BCUT2D eigenvalue weighted by atomic mass is 9.97. The Morgan fingerprint density at radius 3 is 2.00 bits per heavy atom. The average molecular weight is 352 g/mol. The fourth-order valence-corrected chi connectivity index (χ4v) is 1.72. The minimum atomic E-state index is -5.56. The van der Waals surface area contributed by atoms with Crippen LogP contribution in [0, 0.1) is 5.92 Å². The molecule has 1 N–H and O–H groups in total. The molecular formula is C10H8BrF6NO. The van der Waals surface area contributed by atoms with E-state index in [9.17, 15) is 31.4 Å². The highest BCUT2D eigenvalue weighted by Gasteiger charge is 2.60. The summed E-state index contributed by atoms with van der Waals surface area (Å²) in [6.07, 6.45) is -13.4. The third kappa shape index (κ3) is 4.64. The van der Waals surface area contributed by atoms with Crippen molar-refractivity contribution in [2.75, 3.05) is 0 Å². The van der Waals surface area contributed by atoms with Gasteiger partial charge in [0.05, 0.1) is 6.10 Å². The Morgan fingerprint density at radius 2 is 1.63 bits per heavy atom. The average Bonchev–Trinajstić information content (AvgIpc) is 2.16. The summed E-state index contributed by atoms with van der Waals surface area (Å²) in [5.74, 6) is -3.79. The first-order valence-corrected chi connectivity index (χ1v) is 5.73. The van der Waals surface area contributed by atoms with E-state index in [4.69, 9.17) is 0 Å². The molecule has 0 radical (unpaired) electrons. The van der Waals surface area contributed by atoms with Crippen molar-refractivity contribution in [3.8, 4) is 0 Å². The van der Waals surface area contributed by atoms with E-state index in [0.29, 0.717) is 4.47 Å². The summed E-state index contributed by atoms with van der Waals surface area (Å²) in [4.78, 5) is 3.62. The molecule has 9 heteroatoms. The number of aliphatic hydroxyl groups is 1. The van der Waals surface area contributed by atoms with Gasteiger partial charge in [-0.3, -0.25) is 4.98 Å². The molecule has 0 saturated carbocycles. The summed E-state index contributed by atoms with van der Waals surface area (Å²) in [6.45, 7) is 0. The lowest BCUT2D eigenvalue weighted by Crippen LogP contribution is -2.45. The molecule has 2 nitrogen and oxygen atoms in total. The number of pyridine rings is 1. The molecule has 0 aliphatic carbocycles. The molecular weight excluding hydrogens is 344 g/mol. The SMILES string of the molecule is OC(Cc1ccc(Br)cn1)C(C(F)(F)F)C(F)(F)F. The number of aliphatic hydroxyl groups excluding tert-OH is 1. The molecule has 0 aliphatic rings. The highest BCUT2D eigenvalue weighted by Crippen LogP contribution is 2.41. The van der Waals surface area contributed by atoms with Crippen molar-refractivity contribution in [1.82, 2.24) is 4.98 Å². The Bertz CT molecular complexity index is 402. The number of alkyl halides is 6. The highest BCUT2D eigenvalue weighted by atomic mass is 79.9. The minimum absolute atomic E-state index is 0.0609. The van der Waals surface area contributed by atoms with Crippen molar-refractivity contribution in [3.05, 3.63) is 28.5 Å². The second-order valence-corrected chi connectivity index (χ2v) is 4.72. The van der Waals surface area contributed by atoms with Gasteiger partial charge < -0.3 is 5.11 Å². The zero-order valence-electron chi connectivity index (χ0n) is 9.13. The lowest BCUT2D eigenvalue weighted by Gasteiger charge is -2.27. The van der Waals surface area contributed by atoms with E-state index in [1.807, 2.05) is 0 Å². The Hall–Kier alpha value is -0.830. The Kier molecular flexibility index (Phi) is 4.83. The van der Waals surface area contributed by atoms with Crippen molar-refractivity contribution in [2.45, 2.75) is 24.9 Å². The molecule has 0 bridgehead atoms. The molecule has 19 heavy (non-hydrogen) atoms. The van der Waals surface area contributed by atoms with Crippen molar-refractivity contribution in [2.24, 2.45) is 5.92 Å². The minimum Gasteiger partial charge on any atom is -0.392 e. The van der Waals surface area contributed by atoms with Crippen molar-refractivity contribution < 1.29 is 31.4 Å². The van der Waals surface area contributed by atoms with Gasteiger partial charge in [-0.15, -0.1) is 0 Å². The third-order valence-electron chi connectivity index (χ3n) is 2.30. The van der Waals surface area contributed by atoms with E-state index in [-0.39, 0.29) is 5.69 Å². The van der Waals surface area contributed by atoms with Crippen LogP contribution in [0.3, 0.4) is 0 Å². The number of rotatable bonds is 3. The number of hydrogen-bond acceptors (Lipinski definition) is 2. The van der Waals surface area contributed by atoms with Crippen LogP contribution in [0.1, 0.15) is 5.69 Å². The summed E-state index contributed by atoms with van der Waals surface area (Å²) in [5, 5.41) is 9.21. The fourth-order valence-electron chi connectivity index (χ4n) is 1.48. The van der Waals surface area contributed by atoms with E-state index in [1.54, 1.807) is 0 Å². The second kappa shape index (κ2) is 5.66. The second-order valence-electron chi connectivity index (χ2n) is 3.80. The molecule has 0 saturated heterocycles. The van der Waals surface area contributed by atoms with Gasteiger partial charge in [-0.05, 0) is 28.1 Å². The Balaban J connectivity index is 2.89. The van der Waals surface area contributed by atoms with Gasteiger partial charge in [0.25, 0.3) is 0 Å². The Labute approximate surface area is 112 Å². The van der Waals surface area contributed by atoms with Gasteiger partial charge >= 0.3 is 12.4 Å². The molecule has 0 spiro atoms. The predicted octanol–water partition coefficient (Wildman–Crippen LogP) is 3.49. The largest absolute Gasteiger partial charge is 0.403 e. The lowest BCUT2D eigenvalue weighted by molar-refractivity contribution is -0.305. The number of hydrogen-bond donors (Lipinski definition) is 1. The first-order valence-electron chi connectivity index (χ1n) is 4.93. The van der Waals surface area contributed by atoms with Gasteiger partial charge in [0.1, 0.15) is 0 Å². The topological polar surface area (TPSA) is 33.1 Å². The quantitative estimate of drug-likeness (QED) is 0.845. The van der Waals surface area contributed by atoms with Crippen LogP contribution < -0.4 is 0 Å². The molecule has 1 unspecified atom stereocenters. The van der Waals surface area contributed by atoms with E-state index in [1.165, 1.54) is 18.3 Å². The standard InChI is InChI=1S/C10H8BrF6NO/c11-5-1-2-6(18-4-5)3-7(19)8(9(12,13)14)10(15,16)17/h1-2,4,7-8,19H,3H2. The third-order valence-corrected chi connectivity index (χ3v) is 2.77. The van der Waals surface area contributed by atoms with Crippen LogP contribution in [0.5, 0.6) is 0 Å². The van der Waals surface area contributed by atoms with Crippen LogP contribution in [0.15, 0.2) is 22.8 Å². The fraction of sp³-hybridized carbons (Fsp3) is 0.500. The van der Waals surface area contributed by atoms with Gasteiger partial charge in [0.15, 0.2) is 5.92 Å². The maximum absolute atomic E-state index is 12.3. The number of nitrogens with zero attached hydrogens (tertiary/aromatic N) is 1. The maximum atomic E-state index is 12.3. The molecule has 1 aromatic heterocycles. The van der Waals surface area contributed by atoms with Crippen molar-refractivity contribution in [1.29, 1.82) is 0 Å². The molecule has 0 amide bonds. The highest BCUT2D eigenvalue weighted by molar-refractivity contribution is 9.10. The summed E-state index contributed by atoms with van der Waals surface area (Å²) >= 11 is 3.02. The van der Waals surface area contributed by atoms with E-state index in [0.717, 1.165) is 0 Å². The zero-order valence-corrected chi connectivity index (χ0v) is 10.7. The molecule has 0 aliphatic heterocycles. The van der Waals surface area contributed by atoms with Crippen molar-refractivity contribution >= 4 is 15.9 Å². The van der Waals surface area contributed by atoms with Crippen LogP contribution in [-0.4, -0.2) is 28.5 Å². The zero-order chi connectivity index (χ0) is 14.8. The van der Waals surface area contributed by atoms with Gasteiger partial charge in [0.2, 0.25) is 0 Å². The van der Waals surface area contributed by atoms with Crippen LogP contribution >= 0.6 is 15.9 Å². The van der Waals surface area contributed by atoms with Gasteiger partial charge in [-0.25, -0.2) is 0 Å². The van der Waals surface area contributed by atoms with Gasteiger partial charge in [-0.2, -0.15) is 26.3 Å². The normalized spacial score (nSPS) is 14.8. The molecule has 108 valence electrons. The number of halogens is 7. The maximum Gasteiger partial charge on any atom is 0.403 e. The first kappa shape index (κ1) is 16.2. The van der Waals surface area contributed by atoms with Crippen LogP contribution in [0.25, 0.3) is 0 Å². The van der Waals surface area contributed by atoms with Crippen LogP contribution in [0.2, 0.25) is 0 Å². The molecule has 0 fully saturated rings. The monoisotopic (exact) mass is 351 g/mol. The van der Waals surface area contributed by atoms with Crippen molar-refractivity contribution in [3.63, 3.8) is 0 Å². The molecule has 1 atom stereocenters. The molecule has 0 aromatic carbocycles. The van der Waals surface area contributed by atoms with Gasteiger partial charge in [-0.1, -0.05) is 0 Å². The smallest absolute Gasteiger partial charge is 0.392 e. The first-order chi connectivity index (χ1) is 8.51. The summed E-state index contributed by atoms with van der Waals surface area (Å²) in [7, 11) is 0. The summed E-state index contributed by atoms with van der Waals surface area (Å²) < 4.78 is 74.5. The molecule has 1 heterocycles. The number of aromatic nitrogens is 1. The summed E-state index contributed by atoms with van der Waals surface area (Å²) in [6, 6.07) is 2.64. The predicted molar refractivity (Wildman–Crippen MR) is 57.2 cm³/mol. The van der Waals surface area contributed by atoms with Crippen LogP contribution in [-0.2, 0) is 6.42 Å². The van der Waals surface area contributed by atoms with E-state index >= 15 is 0 Å². The van der Waals surface area contributed by atoms with Crippen LogP contribution in [0.4, 0.5) is 26.3 Å². The van der Waals surface area contributed by atoms with E-state index in [2.05, 4.69) is 20.9 Å². The summed E-state index contributed by atoms with van der Waals surface area (Å²) in [5.41, 5.74) is -0.0609. The van der Waals surface area contributed by atoms with E-state index < -0.39 is 30.8 Å². The molecule has 1 aromatic rings. The van der Waals surface area contributed by atoms with Gasteiger partial charge in [0, 0.05) is 22.8 Å². The molecule has 1 rings (SSSR count). The Morgan fingerprint density at radius 1 is 1.11 bits per heavy atom.